The van der Waals surface area contributed by atoms with Crippen LogP contribution in [0.25, 0.3) is 0 Å². The van der Waals surface area contributed by atoms with Crippen LogP contribution in [0, 0.1) is 0 Å². The van der Waals surface area contributed by atoms with Crippen LogP contribution in [-0.2, 0) is 4.43 Å². The second-order valence-corrected chi connectivity index (χ2v) is 6.69. The second-order valence-electron chi connectivity index (χ2n) is 4.59. The van der Waals surface area contributed by atoms with Crippen molar-refractivity contribution in [1.82, 2.24) is 0 Å². The van der Waals surface area contributed by atoms with Crippen molar-refractivity contribution < 1.29 is 4.43 Å². The summed E-state index contributed by atoms with van der Waals surface area (Å²) in [5, 5.41) is 0. The van der Waals surface area contributed by atoms with E-state index in [0.717, 1.165) is 6.61 Å². The third-order valence-corrected chi connectivity index (χ3v) is 3.42. The summed E-state index contributed by atoms with van der Waals surface area (Å²) in [5.41, 5.74) is 0. The fraction of sp³-hybridized carbons (Fsp3) is 1.00. The highest BCUT2D eigenvalue weighted by atomic mass is 28.3. The van der Waals surface area contributed by atoms with Crippen molar-refractivity contribution in [3.05, 3.63) is 0 Å². The molecule has 0 spiro atoms. The van der Waals surface area contributed by atoms with Crippen LogP contribution in [0.15, 0.2) is 0 Å². The molecule has 0 aromatic rings. The molecule has 0 fully saturated rings. The van der Waals surface area contributed by atoms with Crippen LogP contribution >= 0.6 is 0 Å². The van der Waals surface area contributed by atoms with Gasteiger partial charge in [0.05, 0.1) is 0 Å². The molecule has 0 aliphatic rings. The summed E-state index contributed by atoms with van der Waals surface area (Å²) >= 11 is 0. The molecule has 0 aliphatic heterocycles. The molecule has 0 unspecified atom stereocenters. The molecule has 1 radical (unpaired) electrons. The summed E-state index contributed by atoms with van der Waals surface area (Å²) in [6.45, 7) is 7.69. The van der Waals surface area contributed by atoms with Crippen LogP contribution in [0.2, 0.25) is 13.1 Å². The van der Waals surface area contributed by atoms with Gasteiger partial charge in [-0.05, 0) is 19.5 Å². The summed E-state index contributed by atoms with van der Waals surface area (Å²) < 4.78 is 5.60. The molecule has 0 atom stereocenters. The van der Waals surface area contributed by atoms with Gasteiger partial charge < -0.3 is 4.43 Å². The Balaban J connectivity index is 2.87. The first-order valence-corrected chi connectivity index (χ1v) is 9.11. The summed E-state index contributed by atoms with van der Waals surface area (Å²) in [6.07, 6.45) is 12.6. The van der Waals surface area contributed by atoms with Gasteiger partial charge in [-0.15, -0.1) is 0 Å². The molecule has 15 heavy (non-hydrogen) atoms. The zero-order valence-corrected chi connectivity index (χ0v) is 12.0. The lowest BCUT2D eigenvalue weighted by molar-refractivity contribution is 0.311. The van der Waals surface area contributed by atoms with E-state index in [4.69, 9.17) is 4.43 Å². The third-order valence-electron chi connectivity index (χ3n) is 2.64. The SMILES string of the molecule is CCCCCCCCCCCO[Si](C)C. The Morgan fingerprint density at radius 3 is 1.67 bits per heavy atom. The first kappa shape index (κ1) is 15.2. The van der Waals surface area contributed by atoms with Gasteiger partial charge in [0.2, 0.25) is 9.04 Å². The van der Waals surface area contributed by atoms with E-state index in [1.54, 1.807) is 0 Å². The van der Waals surface area contributed by atoms with Crippen LogP contribution < -0.4 is 0 Å². The van der Waals surface area contributed by atoms with Crippen molar-refractivity contribution in [3.8, 4) is 0 Å². The van der Waals surface area contributed by atoms with E-state index in [1.807, 2.05) is 0 Å². The average molecular weight is 229 g/mol. The van der Waals surface area contributed by atoms with Crippen molar-refractivity contribution >= 4 is 9.04 Å². The molecule has 0 aromatic heterocycles. The van der Waals surface area contributed by atoms with E-state index in [1.165, 1.54) is 57.8 Å². The van der Waals surface area contributed by atoms with Gasteiger partial charge in [-0.2, -0.15) is 0 Å². The summed E-state index contributed by atoms with van der Waals surface area (Å²) in [5.74, 6) is 0. The lowest BCUT2D eigenvalue weighted by atomic mass is 10.1. The minimum atomic E-state index is -0.442. The van der Waals surface area contributed by atoms with Crippen LogP contribution in [0.1, 0.15) is 64.7 Å². The second kappa shape index (κ2) is 12.2. The summed E-state index contributed by atoms with van der Waals surface area (Å²) in [4.78, 5) is 0. The molecule has 0 aromatic carbocycles. The normalized spacial score (nSPS) is 11.2. The number of hydrogen-bond acceptors (Lipinski definition) is 1. The molecule has 0 rings (SSSR count). The van der Waals surface area contributed by atoms with Crippen LogP contribution in [0.5, 0.6) is 0 Å². The maximum absolute atomic E-state index is 5.60. The van der Waals surface area contributed by atoms with Crippen molar-refractivity contribution in [2.24, 2.45) is 0 Å². The zero-order chi connectivity index (χ0) is 11.4. The highest BCUT2D eigenvalue weighted by Crippen LogP contribution is 2.09. The van der Waals surface area contributed by atoms with E-state index < -0.39 is 9.04 Å². The van der Waals surface area contributed by atoms with Gasteiger partial charge in [-0.3, -0.25) is 0 Å². The van der Waals surface area contributed by atoms with Crippen LogP contribution in [-0.4, -0.2) is 15.6 Å². The van der Waals surface area contributed by atoms with Gasteiger partial charge in [0.1, 0.15) is 0 Å². The zero-order valence-electron chi connectivity index (χ0n) is 11.0. The number of rotatable bonds is 11. The molecular weight excluding hydrogens is 200 g/mol. The van der Waals surface area contributed by atoms with Gasteiger partial charge in [0.15, 0.2) is 0 Å². The molecular formula is C13H29OSi. The van der Waals surface area contributed by atoms with Crippen molar-refractivity contribution in [2.45, 2.75) is 77.8 Å². The molecule has 0 N–H and O–H groups in total. The van der Waals surface area contributed by atoms with E-state index >= 15 is 0 Å². The minimum absolute atomic E-state index is 0.442. The van der Waals surface area contributed by atoms with Crippen LogP contribution in [0.3, 0.4) is 0 Å². The fourth-order valence-corrected chi connectivity index (χ4v) is 2.24. The van der Waals surface area contributed by atoms with Crippen molar-refractivity contribution in [2.75, 3.05) is 6.61 Å². The Kier molecular flexibility index (Phi) is 12.4. The highest BCUT2D eigenvalue weighted by molar-refractivity contribution is 6.48. The van der Waals surface area contributed by atoms with Gasteiger partial charge in [0, 0.05) is 6.61 Å². The largest absolute Gasteiger partial charge is 0.417 e. The van der Waals surface area contributed by atoms with E-state index in [-0.39, 0.29) is 0 Å². The predicted molar refractivity (Wildman–Crippen MR) is 70.7 cm³/mol. The summed E-state index contributed by atoms with van der Waals surface area (Å²) in [6, 6.07) is 0. The van der Waals surface area contributed by atoms with E-state index in [9.17, 15) is 0 Å². The average Bonchev–Trinajstić information content (AvgIpc) is 2.20. The first-order chi connectivity index (χ1) is 7.27. The molecule has 0 saturated carbocycles. The van der Waals surface area contributed by atoms with Crippen LogP contribution in [0.4, 0.5) is 0 Å². The quantitative estimate of drug-likeness (QED) is 0.366. The molecule has 91 valence electrons. The Morgan fingerprint density at radius 1 is 0.733 bits per heavy atom. The number of hydrogen-bond donors (Lipinski definition) is 0. The maximum Gasteiger partial charge on any atom is 0.204 e. The molecule has 0 heterocycles. The summed E-state index contributed by atoms with van der Waals surface area (Å²) in [7, 11) is -0.442. The monoisotopic (exact) mass is 229 g/mol. The molecule has 0 aliphatic carbocycles. The van der Waals surface area contributed by atoms with Crippen molar-refractivity contribution in [3.63, 3.8) is 0 Å². The van der Waals surface area contributed by atoms with Gasteiger partial charge in [-0.1, -0.05) is 58.3 Å². The van der Waals surface area contributed by atoms with E-state index in [0.29, 0.717) is 0 Å². The van der Waals surface area contributed by atoms with Gasteiger partial charge >= 0.3 is 0 Å². The Labute approximate surface area is 98.3 Å². The smallest absolute Gasteiger partial charge is 0.204 e. The Bertz CT molecular complexity index is 115. The molecule has 0 saturated heterocycles. The van der Waals surface area contributed by atoms with Gasteiger partial charge in [-0.25, -0.2) is 0 Å². The topological polar surface area (TPSA) is 9.23 Å². The highest BCUT2D eigenvalue weighted by Gasteiger charge is 1.96. The van der Waals surface area contributed by atoms with Crippen molar-refractivity contribution in [1.29, 1.82) is 0 Å². The molecule has 1 nitrogen and oxygen atoms in total. The van der Waals surface area contributed by atoms with E-state index in [2.05, 4.69) is 20.0 Å². The predicted octanol–water partition coefficient (Wildman–Crippen LogP) is 4.78. The lowest BCUT2D eigenvalue weighted by Gasteiger charge is -2.05. The Morgan fingerprint density at radius 2 is 1.20 bits per heavy atom. The fourth-order valence-electron chi connectivity index (χ4n) is 1.69. The molecule has 0 bridgehead atoms. The lowest BCUT2D eigenvalue weighted by Crippen LogP contribution is -2.08. The standard InChI is InChI=1S/C13H29OSi/c1-4-5-6-7-8-9-10-11-12-13-14-15(2)3/h4-13H2,1-3H3. The third kappa shape index (κ3) is 14.2. The Hall–Kier alpha value is 0.177. The number of unbranched alkanes of at least 4 members (excludes halogenated alkanes) is 8. The minimum Gasteiger partial charge on any atom is -0.417 e. The first-order valence-electron chi connectivity index (χ1n) is 6.70. The molecule has 2 heteroatoms. The molecule has 0 amide bonds. The van der Waals surface area contributed by atoms with Gasteiger partial charge in [0.25, 0.3) is 0 Å². The maximum atomic E-state index is 5.60.